The van der Waals surface area contributed by atoms with Crippen molar-refractivity contribution in [3.63, 3.8) is 0 Å². The van der Waals surface area contributed by atoms with Crippen LogP contribution in [0.3, 0.4) is 0 Å². The van der Waals surface area contributed by atoms with E-state index >= 15 is 0 Å². The van der Waals surface area contributed by atoms with E-state index in [1.807, 2.05) is 0 Å². The smallest absolute Gasteiger partial charge is 0.335 e. The van der Waals surface area contributed by atoms with Gasteiger partial charge in [-0.3, -0.25) is 4.79 Å². The second-order valence-corrected chi connectivity index (χ2v) is 6.69. The van der Waals surface area contributed by atoms with Gasteiger partial charge in [0.05, 0.1) is 17.0 Å². The summed E-state index contributed by atoms with van der Waals surface area (Å²) < 4.78 is 26.2. The van der Waals surface area contributed by atoms with Crippen molar-refractivity contribution in [2.24, 2.45) is 0 Å². The highest BCUT2D eigenvalue weighted by Gasteiger charge is 2.14. The van der Waals surface area contributed by atoms with Crippen LogP contribution in [0.4, 0.5) is 0 Å². The van der Waals surface area contributed by atoms with Crippen LogP contribution in [-0.2, 0) is 21.4 Å². The molecule has 126 valence electrons. The molecule has 0 radical (unpaired) electrons. The van der Waals surface area contributed by atoms with Crippen molar-refractivity contribution in [1.82, 2.24) is 10.0 Å². The summed E-state index contributed by atoms with van der Waals surface area (Å²) in [6, 6.07) is 13.8. The zero-order valence-electron chi connectivity index (χ0n) is 12.6. The molecule has 0 spiro atoms. The number of carboxylic acid groups (broad SMARTS) is 1. The summed E-state index contributed by atoms with van der Waals surface area (Å²) >= 11 is 0. The van der Waals surface area contributed by atoms with E-state index in [9.17, 15) is 18.0 Å². The first-order valence-electron chi connectivity index (χ1n) is 7.02. The van der Waals surface area contributed by atoms with E-state index in [-0.39, 0.29) is 17.0 Å². The van der Waals surface area contributed by atoms with Crippen LogP contribution in [0.5, 0.6) is 0 Å². The fourth-order valence-electron chi connectivity index (χ4n) is 1.92. The van der Waals surface area contributed by atoms with Crippen molar-refractivity contribution in [2.45, 2.75) is 11.4 Å². The number of amides is 1. The summed E-state index contributed by atoms with van der Waals surface area (Å²) in [6.07, 6.45) is 0. The third-order valence-electron chi connectivity index (χ3n) is 3.14. The van der Waals surface area contributed by atoms with Gasteiger partial charge in [0.15, 0.2) is 0 Å². The predicted octanol–water partition coefficient (Wildman–Crippen LogP) is 0.979. The Hall–Kier alpha value is -2.71. The van der Waals surface area contributed by atoms with Gasteiger partial charge in [0.1, 0.15) is 0 Å². The lowest BCUT2D eigenvalue weighted by molar-refractivity contribution is -0.120. The highest BCUT2D eigenvalue weighted by atomic mass is 32.2. The number of aromatic carboxylic acids is 1. The largest absolute Gasteiger partial charge is 0.478 e. The first-order chi connectivity index (χ1) is 11.4. The van der Waals surface area contributed by atoms with E-state index in [1.54, 1.807) is 30.3 Å². The molecule has 3 N–H and O–H groups in total. The molecule has 2 rings (SSSR count). The number of rotatable bonds is 7. The number of benzene rings is 2. The van der Waals surface area contributed by atoms with Gasteiger partial charge >= 0.3 is 5.97 Å². The Kier molecular flexibility index (Phi) is 5.67. The first-order valence-corrected chi connectivity index (χ1v) is 8.50. The van der Waals surface area contributed by atoms with Crippen molar-refractivity contribution >= 4 is 21.9 Å². The summed E-state index contributed by atoms with van der Waals surface area (Å²) in [5, 5.41) is 11.4. The predicted molar refractivity (Wildman–Crippen MR) is 86.9 cm³/mol. The summed E-state index contributed by atoms with van der Waals surface area (Å²) in [6.45, 7) is -0.303. The Morgan fingerprint density at radius 2 is 1.71 bits per heavy atom. The summed E-state index contributed by atoms with van der Waals surface area (Å²) in [4.78, 5) is 22.7. The maximum atomic E-state index is 12.0. The van der Waals surface area contributed by atoms with Crippen LogP contribution in [0, 0.1) is 0 Å². The number of hydrogen-bond donors (Lipinski definition) is 3. The van der Waals surface area contributed by atoms with Crippen LogP contribution in [0.2, 0.25) is 0 Å². The van der Waals surface area contributed by atoms with Gasteiger partial charge in [0, 0.05) is 6.54 Å². The zero-order chi connectivity index (χ0) is 17.6. The molecule has 8 heteroatoms. The molecule has 0 aliphatic rings. The molecule has 24 heavy (non-hydrogen) atoms. The SMILES string of the molecule is O=C(CNS(=O)(=O)c1ccccc1)NCc1cccc(C(=O)O)c1. The number of hydrogen-bond acceptors (Lipinski definition) is 4. The van der Waals surface area contributed by atoms with E-state index in [4.69, 9.17) is 5.11 Å². The van der Waals surface area contributed by atoms with E-state index in [2.05, 4.69) is 10.0 Å². The van der Waals surface area contributed by atoms with Crippen molar-refractivity contribution in [1.29, 1.82) is 0 Å². The van der Waals surface area contributed by atoms with Crippen molar-refractivity contribution in [3.05, 3.63) is 65.7 Å². The second-order valence-electron chi connectivity index (χ2n) is 4.92. The Labute approximate surface area is 139 Å². The highest BCUT2D eigenvalue weighted by molar-refractivity contribution is 7.89. The number of carboxylic acids is 1. The van der Waals surface area contributed by atoms with Gasteiger partial charge in [-0.05, 0) is 29.8 Å². The highest BCUT2D eigenvalue weighted by Crippen LogP contribution is 2.07. The molecule has 0 fully saturated rings. The van der Waals surface area contributed by atoms with Crippen LogP contribution in [0.15, 0.2) is 59.5 Å². The Morgan fingerprint density at radius 1 is 1.00 bits per heavy atom. The second kappa shape index (κ2) is 7.71. The molecule has 0 saturated carbocycles. The van der Waals surface area contributed by atoms with Gasteiger partial charge in [-0.15, -0.1) is 0 Å². The van der Waals surface area contributed by atoms with Gasteiger partial charge < -0.3 is 10.4 Å². The van der Waals surface area contributed by atoms with Crippen molar-refractivity contribution in [2.75, 3.05) is 6.54 Å². The third-order valence-corrected chi connectivity index (χ3v) is 4.56. The summed E-state index contributed by atoms with van der Waals surface area (Å²) in [7, 11) is -3.74. The van der Waals surface area contributed by atoms with Gasteiger partial charge in [0.25, 0.3) is 0 Å². The van der Waals surface area contributed by atoms with Crippen LogP contribution in [-0.4, -0.2) is 31.9 Å². The molecule has 0 aliphatic carbocycles. The zero-order valence-corrected chi connectivity index (χ0v) is 13.4. The molecule has 2 aromatic carbocycles. The molecule has 7 nitrogen and oxygen atoms in total. The molecule has 0 saturated heterocycles. The minimum Gasteiger partial charge on any atom is -0.478 e. The minimum atomic E-state index is -3.74. The fourth-order valence-corrected chi connectivity index (χ4v) is 2.92. The number of carbonyl (C=O) groups excluding carboxylic acids is 1. The first kappa shape index (κ1) is 17.6. The summed E-state index contributed by atoms with van der Waals surface area (Å²) in [5.41, 5.74) is 0.723. The van der Waals surface area contributed by atoms with Crippen LogP contribution < -0.4 is 10.0 Å². The fraction of sp³-hybridized carbons (Fsp3) is 0.125. The molecule has 0 aliphatic heterocycles. The van der Waals surface area contributed by atoms with Gasteiger partial charge in [-0.1, -0.05) is 30.3 Å². The maximum absolute atomic E-state index is 12.0. The van der Waals surface area contributed by atoms with Gasteiger partial charge in [0.2, 0.25) is 15.9 Å². The van der Waals surface area contributed by atoms with Crippen LogP contribution in [0.25, 0.3) is 0 Å². The minimum absolute atomic E-state index is 0.0759. The number of nitrogens with one attached hydrogen (secondary N) is 2. The maximum Gasteiger partial charge on any atom is 0.335 e. The molecule has 0 unspecified atom stereocenters. The lowest BCUT2D eigenvalue weighted by Crippen LogP contribution is -2.36. The topological polar surface area (TPSA) is 113 Å². The Bertz CT molecular complexity index is 835. The van der Waals surface area contributed by atoms with Crippen LogP contribution >= 0.6 is 0 Å². The molecule has 0 aromatic heterocycles. The van der Waals surface area contributed by atoms with E-state index < -0.39 is 28.4 Å². The van der Waals surface area contributed by atoms with Crippen molar-refractivity contribution in [3.8, 4) is 0 Å². The molecule has 0 bridgehead atoms. The average Bonchev–Trinajstić information content (AvgIpc) is 2.59. The van der Waals surface area contributed by atoms with Gasteiger partial charge in [-0.25, -0.2) is 17.9 Å². The van der Waals surface area contributed by atoms with E-state index in [0.29, 0.717) is 5.56 Å². The quantitative estimate of drug-likeness (QED) is 0.690. The molecule has 0 heterocycles. The van der Waals surface area contributed by atoms with E-state index in [0.717, 1.165) is 0 Å². The molecule has 1 amide bonds. The molecule has 2 aromatic rings. The van der Waals surface area contributed by atoms with Crippen molar-refractivity contribution < 1.29 is 23.1 Å². The summed E-state index contributed by atoms with van der Waals surface area (Å²) in [5.74, 6) is -1.57. The third kappa shape index (κ3) is 4.90. The van der Waals surface area contributed by atoms with E-state index in [1.165, 1.54) is 24.3 Å². The van der Waals surface area contributed by atoms with Gasteiger partial charge in [-0.2, -0.15) is 0 Å². The number of carbonyl (C=O) groups is 2. The normalized spacial score (nSPS) is 11.0. The molecular weight excluding hydrogens is 332 g/mol. The lowest BCUT2D eigenvalue weighted by Gasteiger charge is -2.08. The van der Waals surface area contributed by atoms with Crippen LogP contribution in [0.1, 0.15) is 15.9 Å². The molecule has 0 atom stereocenters. The average molecular weight is 348 g/mol. The Morgan fingerprint density at radius 3 is 2.38 bits per heavy atom. The Balaban J connectivity index is 1.88. The number of sulfonamides is 1. The lowest BCUT2D eigenvalue weighted by atomic mass is 10.1. The monoisotopic (exact) mass is 348 g/mol. The standard InChI is InChI=1S/C16H16N2O5S/c19-15(11-18-24(22,23)14-7-2-1-3-8-14)17-10-12-5-4-6-13(9-12)16(20)21/h1-9,18H,10-11H2,(H,17,19)(H,20,21). The molecular formula is C16H16N2O5S.